The lowest BCUT2D eigenvalue weighted by Crippen LogP contribution is -2.41. The van der Waals surface area contributed by atoms with Crippen LogP contribution in [0.4, 0.5) is 0 Å². The Labute approximate surface area is 179 Å². The molecule has 3 aromatic rings. The van der Waals surface area contributed by atoms with Gasteiger partial charge in [-0.1, -0.05) is 56.3 Å². The molecule has 1 unspecified atom stereocenters. The van der Waals surface area contributed by atoms with Crippen molar-refractivity contribution in [3.05, 3.63) is 93.2 Å². The van der Waals surface area contributed by atoms with Gasteiger partial charge in [-0.15, -0.1) is 11.3 Å². The summed E-state index contributed by atoms with van der Waals surface area (Å²) in [5.41, 5.74) is 2.86. The van der Waals surface area contributed by atoms with Crippen LogP contribution in [0.25, 0.3) is 0 Å². The lowest BCUT2D eigenvalue weighted by molar-refractivity contribution is -0.121. The topological polar surface area (TPSA) is 66.5 Å². The minimum Gasteiger partial charge on any atom is -0.343 e. The van der Waals surface area contributed by atoms with Gasteiger partial charge in [0.25, 0.3) is 11.8 Å². The molecule has 0 saturated carbocycles. The van der Waals surface area contributed by atoms with Crippen molar-refractivity contribution < 1.29 is 14.4 Å². The van der Waals surface area contributed by atoms with Gasteiger partial charge >= 0.3 is 0 Å². The van der Waals surface area contributed by atoms with Crippen LogP contribution >= 0.6 is 11.3 Å². The molecule has 0 fully saturated rings. The first-order valence-electron chi connectivity index (χ1n) is 9.83. The highest BCUT2D eigenvalue weighted by molar-refractivity contribution is 7.10. The van der Waals surface area contributed by atoms with E-state index in [4.69, 9.17) is 0 Å². The Morgan fingerprint density at radius 1 is 0.900 bits per heavy atom. The molecule has 3 amide bonds. The lowest BCUT2D eigenvalue weighted by Gasteiger charge is -2.21. The zero-order valence-electron chi connectivity index (χ0n) is 16.8. The fraction of sp³-hybridized carbons (Fsp3) is 0.208. The Morgan fingerprint density at radius 2 is 1.50 bits per heavy atom. The SMILES string of the molecule is CC(C)c1ccc(C(NC(=O)CN2C(=O)c3ccccc3C2=O)c2cccs2)cc1. The summed E-state index contributed by atoms with van der Waals surface area (Å²) < 4.78 is 0. The second-order valence-corrected chi connectivity index (χ2v) is 8.56. The van der Waals surface area contributed by atoms with Gasteiger partial charge in [0.05, 0.1) is 17.2 Å². The van der Waals surface area contributed by atoms with E-state index in [1.54, 1.807) is 35.6 Å². The standard InChI is InChI=1S/C24H22N2O3S/c1-15(2)16-9-11-17(12-10-16)22(20-8-5-13-30-20)25-21(27)14-26-23(28)18-6-3-4-7-19(18)24(26)29/h3-13,15,22H,14H2,1-2H3,(H,25,27). The molecule has 0 radical (unpaired) electrons. The number of thiophene rings is 1. The molecule has 1 N–H and O–H groups in total. The van der Waals surface area contributed by atoms with Crippen molar-refractivity contribution in [2.75, 3.05) is 6.54 Å². The predicted molar refractivity (Wildman–Crippen MR) is 117 cm³/mol. The third kappa shape index (κ3) is 3.78. The highest BCUT2D eigenvalue weighted by Gasteiger charge is 2.36. The Morgan fingerprint density at radius 3 is 2.03 bits per heavy atom. The van der Waals surface area contributed by atoms with Crippen LogP contribution in [0.5, 0.6) is 0 Å². The molecule has 1 aliphatic rings. The molecule has 2 aromatic carbocycles. The maximum absolute atomic E-state index is 12.8. The molecule has 1 aromatic heterocycles. The molecule has 0 spiro atoms. The molecule has 6 heteroatoms. The van der Waals surface area contributed by atoms with E-state index in [1.165, 1.54) is 5.56 Å². The van der Waals surface area contributed by atoms with Crippen LogP contribution in [0.15, 0.2) is 66.0 Å². The molecule has 5 nitrogen and oxygen atoms in total. The number of carbonyl (C=O) groups is 3. The third-order valence-electron chi connectivity index (χ3n) is 5.25. The maximum Gasteiger partial charge on any atom is 0.262 e. The van der Waals surface area contributed by atoms with Crippen molar-refractivity contribution in [1.29, 1.82) is 0 Å². The fourth-order valence-electron chi connectivity index (χ4n) is 3.58. The van der Waals surface area contributed by atoms with E-state index in [2.05, 4.69) is 31.3 Å². The Kier molecular flexibility index (Phi) is 5.50. The van der Waals surface area contributed by atoms with E-state index in [0.29, 0.717) is 17.0 Å². The summed E-state index contributed by atoms with van der Waals surface area (Å²) >= 11 is 1.55. The normalized spacial score (nSPS) is 14.2. The van der Waals surface area contributed by atoms with Crippen molar-refractivity contribution in [2.24, 2.45) is 0 Å². The summed E-state index contributed by atoms with van der Waals surface area (Å²) in [5, 5.41) is 4.96. The molecule has 0 bridgehead atoms. The summed E-state index contributed by atoms with van der Waals surface area (Å²) in [6.07, 6.45) is 0. The van der Waals surface area contributed by atoms with Crippen molar-refractivity contribution in [1.82, 2.24) is 10.2 Å². The number of carbonyl (C=O) groups excluding carboxylic acids is 3. The second kappa shape index (κ2) is 8.24. The van der Waals surface area contributed by atoms with Crippen LogP contribution in [-0.4, -0.2) is 29.2 Å². The van der Waals surface area contributed by atoms with Crippen LogP contribution in [-0.2, 0) is 4.79 Å². The Bertz CT molecular complexity index is 1050. The number of nitrogens with zero attached hydrogens (tertiary/aromatic N) is 1. The van der Waals surface area contributed by atoms with Gasteiger partial charge < -0.3 is 5.32 Å². The first kappa shape index (κ1) is 20.0. The van der Waals surface area contributed by atoms with Crippen molar-refractivity contribution in [3.63, 3.8) is 0 Å². The molecule has 1 atom stereocenters. The van der Waals surface area contributed by atoms with Crippen LogP contribution < -0.4 is 5.32 Å². The van der Waals surface area contributed by atoms with Crippen molar-refractivity contribution in [2.45, 2.75) is 25.8 Å². The fourth-order valence-corrected chi connectivity index (χ4v) is 4.38. The first-order valence-corrected chi connectivity index (χ1v) is 10.7. The van der Waals surface area contributed by atoms with Crippen molar-refractivity contribution >= 4 is 29.1 Å². The number of fused-ring (bicyclic) bond motifs is 1. The molecular weight excluding hydrogens is 396 g/mol. The Hall–Kier alpha value is -3.25. The monoisotopic (exact) mass is 418 g/mol. The summed E-state index contributed by atoms with van der Waals surface area (Å²) in [6.45, 7) is 3.96. The molecule has 0 aliphatic carbocycles. The lowest BCUT2D eigenvalue weighted by atomic mass is 9.98. The van der Waals surface area contributed by atoms with Crippen molar-refractivity contribution in [3.8, 4) is 0 Å². The van der Waals surface area contributed by atoms with Gasteiger partial charge in [-0.05, 0) is 40.6 Å². The molecule has 2 heterocycles. The van der Waals surface area contributed by atoms with Gasteiger partial charge in [0, 0.05) is 4.88 Å². The molecule has 1 aliphatic heterocycles. The minimum atomic E-state index is -0.431. The second-order valence-electron chi connectivity index (χ2n) is 7.58. The van der Waals surface area contributed by atoms with E-state index in [1.807, 2.05) is 29.6 Å². The first-order chi connectivity index (χ1) is 14.5. The van der Waals surface area contributed by atoms with E-state index >= 15 is 0 Å². The van der Waals surface area contributed by atoms with E-state index in [-0.39, 0.29) is 18.5 Å². The van der Waals surface area contributed by atoms with Crippen LogP contribution in [0, 0.1) is 0 Å². The number of nitrogens with one attached hydrogen (secondary N) is 1. The summed E-state index contributed by atoms with van der Waals surface area (Å²) in [6, 6.07) is 18.4. The summed E-state index contributed by atoms with van der Waals surface area (Å²) in [4.78, 5) is 39.9. The maximum atomic E-state index is 12.8. The number of rotatable bonds is 6. The zero-order valence-corrected chi connectivity index (χ0v) is 17.6. The Balaban J connectivity index is 1.53. The summed E-state index contributed by atoms with van der Waals surface area (Å²) in [7, 11) is 0. The average Bonchev–Trinajstić information content (AvgIpc) is 3.36. The number of hydrogen-bond acceptors (Lipinski definition) is 4. The zero-order chi connectivity index (χ0) is 21.3. The number of amides is 3. The predicted octanol–water partition coefficient (Wildman–Crippen LogP) is 4.37. The van der Waals surface area contributed by atoms with Gasteiger partial charge in [0.1, 0.15) is 6.54 Å². The quantitative estimate of drug-likeness (QED) is 0.605. The van der Waals surface area contributed by atoms with Gasteiger partial charge in [-0.3, -0.25) is 19.3 Å². The third-order valence-corrected chi connectivity index (χ3v) is 6.19. The highest BCUT2D eigenvalue weighted by Crippen LogP contribution is 2.28. The van der Waals surface area contributed by atoms with Gasteiger partial charge in [-0.2, -0.15) is 0 Å². The van der Waals surface area contributed by atoms with Gasteiger partial charge in [0.2, 0.25) is 5.91 Å². The molecule has 4 rings (SSSR count). The molecule has 152 valence electrons. The molecule has 30 heavy (non-hydrogen) atoms. The highest BCUT2D eigenvalue weighted by atomic mass is 32.1. The smallest absolute Gasteiger partial charge is 0.262 e. The van der Waals surface area contributed by atoms with Crippen LogP contribution in [0.1, 0.15) is 62.5 Å². The van der Waals surface area contributed by atoms with E-state index < -0.39 is 11.8 Å². The van der Waals surface area contributed by atoms with Crippen LogP contribution in [0.2, 0.25) is 0 Å². The molecular formula is C24H22N2O3S. The minimum absolute atomic E-state index is 0.307. The van der Waals surface area contributed by atoms with Gasteiger partial charge in [-0.25, -0.2) is 0 Å². The van der Waals surface area contributed by atoms with Gasteiger partial charge in [0.15, 0.2) is 0 Å². The average molecular weight is 419 g/mol. The van der Waals surface area contributed by atoms with E-state index in [9.17, 15) is 14.4 Å². The molecule has 0 saturated heterocycles. The largest absolute Gasteiger partial charge is 0.343 e. The summed E-state index contributed by atoms with van der Waals surface area (Å²) in [5.74, 6) is -0.821. The van der Waals surface area contributed by atoms with E-state index in [0.717, 1.165) is 15.3 Å². The van der Waals surface area contributed by atoms with Crippen LogP contribution in [0.3, 0.4) is 0 Å². The number of benzene rings is 2. The number of imide groups is 1. The number of hydrogen-bond donors (Lipinski definition) is 1.